The van der Waals surface area contributed by atoms with E-state index in [1.807, 2.05) is 0 Å². The van der Waals surface area contributed by atoms with Crippen molar-refractivity contribution in [2.75, 3.05) is 5.73 Å². The molecule has 0 bridgehead atoms. The number of nitrogen functional groups attached to an aromatic ring is 1. The Balaban J connectivity index is 2.46. The quantitative estimate of drug-likeness (QED) is 0.827. The lowest BCUT2D eigenvalue weighted by Gasteiger charge is -2.09. The first-order valence-corrected chi connectivity index (χ1v) is 8.33. The van der Waals surface area contributed by atoms with Crippen LogP contribution in [0, 0.1) is 5.82 Å². The third-order valence-electron chi connectivity index (χ3n) is 2.66. The fourth-order valence-electron chi connectivity index (χ4n) is 1.71. The molecule has 0 atom stereocenters. The Morgan fingerprint density at radius 1 is 1.20 bits per heavy atom. The zero-order valence-electron chi connectivity index (χ0n) is 10.1. The predicted molar refractivity (Wildman–Crippen MR) is 80.9 cm³/mol. The average Bonchev–Trinajstić information content (AvgIpc) is 2.36. The smallest absolute Gasteiger partial charge is 0.184 e. The van der Waals surface area contributed by atoms with E-state index in [1.165, 1.54) is 24.3 Å². The Morgan fingerprint density at radius 3 is 2.60 bits per heavy atom. The number of nitrogens with two attached hydrogens (primary N) is 1. The number of benzene rings is 2. The van der Waals surface area contributed by atoms with Crippen molar-refractivity contribution in [3.05, 3.63) is 57.3 Å². The number of hydrogen-bond donors (Lipinski definition) is 1. The van der Waals surface area contributed by atoms with Crippen molar-refractivity contribution in [1.82, 2.24) is 0 Å². The highest BCUT2D eigenvalue weighted by Crippen LogP contribution is 2.28. The Morgan fingerprint density at radius 2 is 1.90 bits per heavy atom. The first-order chi connectivity index (χ1) is 9.29. The topological polar surface area (TPSA) is 60.2 Å². The molecule has 0 aliphatic carbocycles. The molecule has 0 aliphatic heterocycles. The molecule has 7 heteroatoms. The van der Waals surface area contributed by atoms with Crippen molar-refractivity contribution in [2.24, 2.45) is 0 Å². The van der Waals surface area contributed by atoms with Crippen LogP contribution >= 0.6 is 27.5 Å². The van der Waals surface area contributed by atoms with E-state index in [-0.39, 0.29) is 21.2 Å². The normalized spacial score (nSPS) is 11.6. The van der Waals surface area contributed by atoms with Gasteiger partial charge in [0.2, 0.25) is 0 Å². The molecule has 0 heterocycles. The molecule has 0 unspecified atom stereocenters. The Bertz CT molecular complexity index is 765. The van der Waals surface area contributed by atoms with Crippen LogP contribution in [0.25, 0.3) is 0 Å². The molecule has 3 nitrogen and oxygen atoms in total. The Hall–Kier alpha value is -1.11. The number of rotatable bonds is 3. The minimum Gasteiger partial charge on any atom is -0.398 e. The molecule has 0 saturated carbocycles. The molecule has 0 radical (unpaired) electrons. The highest BCUT2D eigenvalue weighted by Gasteiger charge is 2.20. The zero-order chi connectivity index (χ0) is 14.9. The highest BCUT2D eigenvalue weighted by molar-refractivity contribution is 9.10. The lowest BCUT2D eigenvalue weighted by molar-refractivity contribution is 0.595. The van der Waals surface area contributed by atoms with Gasteiger partial charge >= 0.3 is 0 Å². The van der Waals surface area contributed by atoms with Crippen LogP contribution in [0.5, 0.6) is 0 Å². The van der Waals surface area contributed by atoms with E-state index in [0.29, 0.717) is 4.47 Å². The maximum Gasteiger partial charge on any atom is 0.184 e. The fourth-order valence-corrected chi connectivity index (χ4v) is 4.03. The Kier molecular flexibility index (Phi) is 4.36. The van der Waals surface area contributed by atoms with Gasteiger partial charge in [-0.15, -0.1) is 0 Å². The predicted octanol–water partition coefficient (Wildman–Crippen LogP) is 3.80. The van der Waals surface area contributed by atoms with Crippen LogP contribution in [0.1, 0.15) is 5.56 Å². The summed E-state index contributed by atoms with van der Waals surface area (Å²) < 4.78 is 38.5. The van der Waals surface area contributed by atoms with Gasteiger partial charge in [0.1, 0.15) is 5.82 Å². The van der Waals surface area contributed by atoms with Crippen molar-refractivity contribution >= 4 is 43.1 Å². The monoisotopic (exact) mass is 377 g/mol. The SMILES string of the molecule is Nc1ccc(Br)cc1S(=O)(=O)Cc1cc(F)ccc1Cl. The molecule has 0 aliphatic rings. The summed E-state index contributed by atoms with van der Waals surface area (Å²) in [5, 5.41) is 0.198. The number of anilines is 1. The van der Waals surface area contributed by atoms with Gasteiger partial charge < -0.3 is 5.73 Å². The van der Waals surface area contributed by atoms with Crippen LogP contribution in [0.15, 0.2) is 45.8 Å². The van der Waals surface area contributed by atoms with Gasteiger partial charge in [-0.2, -0.15) is 0 Å². The molecule has 2 rings (SSSR count). The van der Waals surface area contributed by atoms with Crippen LogP contribution in [-0.4, -0.2) is 8.42 Å². The van der Waals surface area contributed by atoms with Gasteiger partial charge in [-0.1, -0.05) is 27.5 Å². The maximum atomic E-state index is 13.2. The van der Waals surface area contributed by atoms with Crippen molar-refractivity contribution in [1.29, 1.82) is 0 Å². The van der Waals surface area contributed by atoms with E-state index >= 15 is 0 Å². The average molecular weight is 379 g/mol. The zero-order valence-corrected chi connectivity index (χ0v) is 13.3. The second-order valence-electron chi connectivity index (χ2n) is 4.18. The molecule has 2 aromatic rings. The van der Waals surface area contributed by atoms with E-state index in [0.717, 1.165) is 6.07 Å². The van der Waals surface area contributed by atoms with Gasteiger partial charge in [0, 0.05) is 9.50 Å². The van der Waals surface area contributed by atoms with Gasteiger partial charge in [0.25, 0.3) is 0 Å². The lowest BCUT2D eigenvalue weighted by Crippen LogP contribution is -2.08. The molecule has 0 fully saturated rings. The molecular formula is C13H10BrClFNO2S. The summed E-state index contributed by atoms with van der Waals surface area (Å²) in [6.45, 7) is 0. The largest absolute Gasteiger partial charge is 0.398 e. The molecular weight excluding hydrogens is 369 g/mol. The molecule has 2 aromatic carbocycles. The molecule has 0 aromatic heterocycles. The highest BCUT2D eigenvalue weighted by atomic mass is 79.9. The minimum absolute atomic E-state index is 0.00722. The van der Waals surface area contributed by atoms with Crippen LogP contribution in [0.2, 0.25) is 5.02 Å². The summed E-state index contributed by atoms with van der Waals surface area (Å²) in [5.41, 5.74) is 6.03. The van der Waals surface area contributed by atoms with E-state index in [1.54, 1.807) is 6.07 Å². The van der Waals surface area contributed by atoms with Crippen molar-refractivity contribution in [3.63, 3.8) is 0 Å². The molecule has 106 valence electrons. The van der Waals surface area contributed by atoms with Gasteiger partial charge in [0.05, 0.1) is 16.3 Å². The van der Waals surface area contributed by atoms with E-state index in [4.69, 9.17) is 17.3 Å². The van der Waals surface area contributed by atoms with Gasteiger partial charge in [-0.3, -0.25) is 0 Å². The summed E-state index contributed by atoms with van der Waals surface area (Å²) in [5.74, 6) is -0.952. The van der Waals surface area contributed by atoms with Crippen LogP contribution < -0.4 is 5.73 Å². The molecule has 0 saturated heterocycles. The minimum atomic E-state index is -3.71. The molecule has 20 heavy (non-hydrogen) atoms. The van der Waals surface area contributed by atoms with E-state index < -0.39 is 21.4 Å². The second-order valence-corrected chi connectivity index (χ2v) is 7.46. The molecule has 2 N–H and O–H groups in total. The summed E-state index contributed by atoms with van der Waals surface area (Å²) in [4.78, 5) is -0.00722. The van der Waals surface area contributed by atoms with Crippen molar-refractivity contribution < 1.29 is 12.8 Å². The van der Waals surface area contributed by atoms with E-state index in [2.05, 4.69) is 15.9 Å². The van der Waals surface area contributed by atoms with Crippen LogP contribution in [0.4, 0.5) is 10.1 Å². The summed E-state index contributed by atoms with van der Waals surface area (Å²) >= 11 is 9.08. The van der Waals surface area contributed by atoms with Gasteiger partial charge in [0.15, 0.2) is 9.84 Å². The fraction of sp³-hybridized carbons (Fsp3) is 0.0769. The van der Waals surface area contributed by atoms with Crippen molar-refractivity contribution in [2.45, 2.75) is 10.6 Å². The first-order valence-electron chi connectivity index (χ1n) is 5.51. The lowest BCUT2D eigenvalue weighted by atomic mass is 10.2. The van der Waals surface area contributed by atoms with E-state index in [9.17, 15) is 12.8 Å². The number of halogens is 3. The summed E-state index contributed by atoms with van der Waals surface area (Å²) in [6, 6.07) is 8.15. The second kappa shape index (κ2) is 5.71. The summed E-state index contributed by atoms with van der Waals surface area (Å²) in [6.07, 6.45) is 0. The third kappa shape index (κ3) is 3.31. The third-order valence-corrected chi connectivity index (χ3v) is 5.24. The number of sulfone groups is 1. The van der Waals surface area contributed by atoms with Crippen LogP contribution in [-0.2, 0) is 15.6 Å². The standard InChI is InChI=1S/C13H10BrClFNO2S/c14-9-1-4-12(17)13(6-9)20(18,19)7-8-5-10(16)2-3-11(8)15/h1-6H,7,17H2. The van der Waals surface area contributed by atoms with Crippen molar-refractivity contribution in [3.8, 4) is 0 Å². The molecule has 0 spiro atoms. The Labute approximate surface area is 129 Å². The molecule has 0 amide bonds. The van der Waals surface area contributed by atoms with Gasteiger partial charge in [-0.05, 0) is 42.0 Å². The van der Waals surface area contributed by atoms with Gasteiger partial charge in [-0.25, -0.2) is 12.8 Å². The number of hydrogen-bond acceptors (Lipinski definition) is 3. The van der Waals surface area contributed by atoms with Crippen LogP contribution in [0.3, 0.4) is 0 Å². The maximum absolute atomic E-state index is 13.2. The summed E-state index contributed by atoms with van der Waals surface area (Å²) in [7, 11) is -3.71. The first kappa shape index (κ1) is 15.3.